The van der Waals surface area contributed by atoms with Crippen LogP contribution in [-0.4, -0.2) is 33.0 Å². The molecule has 1 aliphatic heterocycles. The quantitative estimate of drug-likeness (QED) is 0.715. The van der Waals surface area contributed by atoms with Gasteiger partial charge >= 0.3 is 11.9 Å². The number of fused-ring (bicyclic) bond motifs is 2. The number of rotatable bonds is 2. The van der Waals surface area contributed by atoms with Gasteiger partial charge in [0.1, 0.15) is 0 Å². The number of aliphatic carboxylic acids is 2. The summed E-state index contributed by atoms with van der Waals surface area (Å²) in [6, 6.07) is 8.70. The lowest BCUT2D eigenvalue weighted by atomic mass is 9.88. The third-order valence-electron chi connectivity index (χ3n) is 4.26. The second kappa shape index (κ2) is 7.35. The Kier molecular flexibility index (Phi) is 4.97. The number of hydrogen-bond donors (Lipinski definition) is 3. The fourth-order valence-electron chi connectivity index (χ4n) is 3.29. The molecule has 1 unspecified atom stereocenters. The second-order valence-electron chi connectivity index (χ2n) is 6.12. The normalized spacial score (nSPS) is 17.6. The van der Waals surface area contributed by atoms with Crippen molar-refractivity contribution in [1.29, 1.82) is 0 Å². The van der Waals surface area contributed by atoms with Crippen molar-refractivity contribution in [3.05, 3.63) is 47.7 Å². The fourth-order valence-corrected chi connectivity index (χ4v) is 3.29. The molecule has 2 aromatic rings. The number of para-hydroxylation sites is 1. The summed E-state index contributed by atoms with van der Waals surface area (Å²) in [5.74, 6) is -1.49. The second-order valence-corrected chi connectivity index (χ2v) is 6.12. The van der Waals surface area contributed by atoms with Crippen LogP contribution in [0.3, 0.4) is 0 Å². The molecule has 0 saturated heterocycles. The van der Waals surface area contributed by atoms with E-state index in [-0.39, 0.29) is 0 Å². The van der Waals surface area contributed by atoms with Crippen LogP contribution < -0.4 is 5.32 Å². The summed E-state index contributed by atoms with van der Waals surface area (Å²) in [6.45, 7) is 2.05. The largest absolute Gasteiger partial charge is 0.478 e. The summed E-state index contributed by atoms with van der Waals surface area (Å²) in [6.07, 6.45) is 4.54. The molecule has 0 amide bonds. The monoisotopic (exact) mass is 353 g/mol. The SMILES string of the molecule is CC1=NC2CCCc3nc4ccccc4c(c32)N1.O=C(O)/C=C\C(=O)O. The van der Waals surface area contributed by atoms with E-state index in [0.29, 0.717) is 18.2 Å². The molecule has 1 aromatic heterocycles. The molecular weight excluding hydrogens is 334 g/mol. The van der Waals surface area contributed by atoms with Gasteiger partial charge in [0.05, 0.1) is 23.1 Å². The van der Waals surface area contributed by atoms with Crippen molar-refractivity contribution < 1.29 is 19.8 Å². The molecule has 3 N–H and O–H groups in total. The predicted molar refractivity (Wildman–Crippen MR) is 98.6 cm³/mol. The third kappa shape index (κ3) is 3.72. The van der Waals surface area contributed by atoms with Crippen molar-refractivity contribution in [2.24, 2.45) is 4.99 Å². The minimum absolute atomic E-state index is 0.321. The van der Waals surface area contributed by atoms with Gasteiger partial charge in [0.2, 0.25) is 0 Å². The smallest absolute Gasteiger partial charge is 0.328 e. The van der Waals surface area contributed by atoms with Crippen LogP contribution >= 0.6 is 0 Å². The highest BCUT2D eigenvalue weighted by Gasteiger charge is 2.28. The van der Waals surface area contributed by atoms with E-state index in [1.165, 1.54) is 28.8 Å². The van der Waals surface area contributed by atoms with Crippen molar-refractivity contribution in [2.75, 3.05) is 5.32 Å². The van der Waals surface area contributed by atoms with Crippen molar-refractivity contribution in [3.63, 3.8) is 0 Å². The highest BCUT2D eigenvalue weighted by atomic mass is 16.4. The zero-order chi connectivity index (χ0) is 18.7. The Morgan fingerprint density at radius 1 is 1.19 bits per heavy atom. The van der Waals surface area contributed by atoms with Crippen LogP contribution in [0.4, 0.5) is 5.69 Å². The number of aryl methyl sites for hydroxylation is 1. The van der Waals surface area contributed by atoms with Gasteiger partial charge < -0.3 is 15.5 Å². The van der Waals surface area contributed by atoms with E-state index in [4.69, 9.17) is 20.2 Å². The van der Waals surface area contributed by atoms with Crippen LogP contribution in [0, 0.1) is 0 Å². The Hall–Kier alpha value is -3.22. The Morgan fingerprint density at radius 3 is 2.58 bits per heavy atom. The van der Waals surface area contributed by atoms with Gasteiger partial charge in [-0.05, 0) is 32.3 Å². The van der Waals surface area contributed by atoms with E-state index >= 15 is 0 Å². The molecule has 1 aliphatic carbocycles. The molecule has 0 spiro atoms. The van der Waals surface area contributed by atoms with Crippen LogP contribution in [0.1, 0.15) is 37.1 Å². The molecule has 0 saturated carbocycles. The minimum Gasteiger partial charge on any atom is -0.478 e. The van der Waals surface area contributed by atoms with Gasteiger partial charge in [-0.2, -0.15) is 0 Å². The first-order valence-electron chi connectivity index (χ1n) is 8.32. The molecular formula is C19H19N3O4. The summed E-state index contributed by atoms with van der Waals surface area (Å²) < 4.78 is 0. The highest BCUT2D eigenvalue weighted by molar-refractivity contribution is 6.05. The lowest BCUT2D eigenvalue weighted by Crippen LogP contribution is -2.22. The van der Waals surface area contributed by atoms with Gasteiger partial charge in [-0.25, -0.2) is 9.59 Å². The van der Waals surface area contributed by atoms with Gasteiger partial charge in [-0.15, -0.1) is 0 Å². The maximum atomic E-state index is 9.55. The first-order valence-corrected chi connectivity index (χ1v) is 8.32. The molecule has 26 heavy (non-hydrogen) atoms. The summed E-state index contributed by atoms with van der Waals surface area (Å²) in [5.41, 5.74) is 4.91. The van der Waals surface area contributed by atoms with Crippen LogP contribution in [-0.2, 0) is 16.0 Å². The van der Waals surface area contributed by atoms with Crippen molar-refractivity contribution in [3.8, 4) is 0 Å². The number of carbonyl (C=O) groups is 2. The predicted octanol–water partition coefficient (Wildman–Crippen LogP) is 3.17. The lowest BCUT2D eigenvalue weighted by Gasteiger charge is -2.30. The number of benzene rings is 1. The molecule has 2 heterocycles. The van der Waals surface area contributed by atoms with Crippen LogP contribution in [0.5, 0.6) is 0 Å². The molecule has 2 aliphatic rings. The average Bonchev–Trinajstić information content (AvgIpc) is 2.60. The summed E-state index contributed by atoms with van der Waals surface area (Å²) in [5, 5.41) is 20.3. The Bertz CT molecular complexity index is 918. The molecule has 7 heteroatoms. The number of pyridine rings is 1. The maximum absolute atomic E-state index is 9.55. The number of amidine groups is 1. The number of hydrogen-bond acceptors (Lipinski definition) is 5. The number of carboxylic acids is 2. The van der Waals surface area contributed by atoms with Gasteiger partial charge in [0, 0.05) is 28.8 Å². The zero-order valence-corrected chi connectivity index (χ0v) is 14.3. The van der Waals surface area contributed by atoms with Crippen molar-refractivity contribution >= 4 is 34.4 Å². The summed E-state index contributed by atoms with van der Waals surface area (Å²) in [4.78, 5) is 28.7. The Morgan fingerprint density at radius 2 is 1.88 bits per heavy atom. The molecule has 0 radical (unpaired) electrons. The first-order chi connectivity index (χ1) is 12.5. The molecule has 1 aromatic carbocycles. The van der Waals surface area contributed by atoms with Gasteiger partial charge in [-0.3, -0.25) is 9.98 Å². The number of aliphatic imine (C=N–C) groups is 1. The van der Waals surface area contributed by atoms with Crippen molar-refractivity contribution in [2.45, 2.75) is 32.2 Å². The standard InChI is InChI=1S/C15H15N3.C4H4O4/c1-9-16-12-7-4-8-13-14(12)15(17-9)10-5-2-3-6-11(10)18-13;5-3(6)1-2-4(7)8/h2-3,5-6,12H,4,7-8H2,1H3,(H,16,17);1-2H,(H,5,6)(H,7,8)/b;2-1-. The Balaban J connectivity index is 0.000000211. The summed E-state index contributed by atoms with van der Waals surface area (Å²) in [7, 11) is 0. The maximum Gasteiger partial charge on any atom is 0.328 e. The number of anilines is 1. The molecule has 4 rings (SSSR count). The van der Waals surface area contributed by atoms with Crippen LogP contribution in [0.15, 0.2) is 41.4 Å². The molecule has 0 fully saturated rings. The fraction of sp³-hybridized carbons (Fsp3) is 0.263. The molecule has 134 valence electrons. The van der Waals surface area contributed by atoms with E-state index < -0.39 is 11.9 Å². The van der Waals surface area contributed by atoms with Crippen LogP contribution in [0.25, 0.3) is 10.9 Å². The Labute approximate surface area is 150 Å². The summed E-state index contributed by atoms with van der Waals surface area (Å²) >= 11 is 0. The highest BCUT2D eigenvalue weighted by Crippen LogP contribution is 2.42. The zero-order valence-electron chi connectivity index (χ0n) is 14.3. The van der Waals surface area contributed by atoms with E-state index in [9.17, 15) is 9.59 Å². The number of carboxylic acid groups (broad SMARTS) is 2. The minimum atomic E-state index is -1.26. The molecule has 0 bridgehead atoms. The third-order valence-corrected chi connectivity index (χ3v) is 4.26. The lowest BCUT2D eigenvalue weighted by molar-refractivity contribution is -0.134. The van der Waals surface area contributed by atoms with Crippen LogP contribution in [0.2, 0.25) is 0 Å². The first kappa shape index (κ1) is 17.6. The molecule has 7 nitrogen and oxygen atoms in total. The molecule has 1 atom stereocenters. The van der Waals surface area contributed by atoms with E-state index in [0.717, 1.165) is 24.2 Å². The number of nitrogens with zero attached hydrogens (tertiary/aromatic N) is 2. The average molecular weight is 353 g/mol. The number of nitrogens with one attached hydrogen (secondary N) is 1. The van der Waals surface area contributed by atoms with E-state index in [1.54, 1.807) is 0 Å². The van der Waals surface area contributed by atoms with Crippen molar-refractivity contribution in [1.82, 2.24) is 4.98 Å². The van der Waals surface area contributed by atoms with E-state index in [2.05, 4.69) is 29.6 Å². The van der Waals surface area contributed by atoms with Gasteiger partial charge in [-0.1, -0.05) is 18.2 Å². The topological polar surface area (TPSA) is 112 Å². The van der Waals surface area contributed by atoms with E-state index in [1.807, 2.05) is 6.92 Å². The van der Waals surface area contributed by atoms with Gasteiger partial charge in [0.15, 0.2) is 0 Å². The number of aromatic nitrogens is 1. The van der Waals surface area contributed by atoms with Gasteiger partial charge in [0.25, 0.3) is 0 Å².